The van der Waals surface area contributed by atoms with Gasteiger partial charge >= 0.3 is 0 Å². The van der Waals surface area contributed by atoms with Crippen LogP contribution in [0.1, 0.15) is 24.0 Å². The molecule has 5 heteroatoms. The molecule has 2 aromatic heterocycles. The molecule has 2 N–H and O–H groups in total. The van der Waals surface area contributed by atoms with Gasteiger partial charge in [-0.05, 0) is 48.9 Å². The standard InChI is InChI=1S/C16H16N4O/c17-14-10-20-8-7-18-15(20)16(19-14)21-13-6-5-11-3-1-2-4-12(11)9-13/h5-10H,1-4,17H2. The highest BCUT2D eigenvalue weighted by atomic mass is 16.5. The maximum absolute atomic E-state index is 5.92. The van der Waals surface area contributed by atoms with Gasteiger partial charge in [-0.2, -0.15) is 4.98 Å². The molecule has 0 atom stereocenters. The van der Waals surface area contributed by atoms with Crippen LogP contribution in [0.2, 0.25) is 0 Å². The number of imidazole rings is 1. The van der Waals surface area contributed by atoms with Gasteiger partial charge in [0.25, 0.3) is 5.88 Å². The maximum atomic E-state index is 5.92. The van der Waals surface area contributed by atoms with Crippen molar-refractivity contribution in [2.24, 2.45) is 0 Å². The van der Waals surface area contributed by atoms with Crippen molar-refractivity contribution in [1.29, 1.82) is 0 Å². The molecule has 106 valence electrons. The van der Waals surface area contributed by atoms with Gasteiger partial charge in [0.05, 0.1) is 6.20 Å². The number of hydrogen-bond acceptors (Lipinski definition) is 4. The number of ether oxygens (including phenoxy) is 1. The van der Waals surface area contributed by atoms with Gasteiger partial charge in [0.2, 0.25) is 5.65 Å². The summed E-state index contributed by atoms with van der Waals surface area (Å²) in [5.74, 6) is 1.64. The summed E-state index contributed by atoms with van der Waals surface area (Å²) in [7, 11) is 0. The molecule has 0 spiro atoms. The molecule has 4 rings (SSSR count). The van der Waals surface area contributed by atoms with Crippen molar-refractivity contribution in [2.45, 2.75) is 25.7 Å². The van der Waals surface area contributed by atoms with Crippen LogP contribution in [0.3, 0.4) is 0 Å². The molecular weight excluding hydrogens is 264 g/mol. The molecule has 0 aliphatic heterocycles. The van der Waals surface area contributed by atoms with Gasteiger partial charge < -0.3 is 10.5 Å². The zero-order valence-corrected chi connectivity index (χ0v) is 11.6. The number of hydrogen-bond donors (Lipinski definition) is 1. The van der Waals surface area contributed by atoms with E-state index in [1.54, 1.807) is 12.4 Å². The highest BCUT2D eigenvalue weighted by Gasteiger charge is 2.12. The number of benzene rings is 1. The van der Waals surface area contributed by atoms with Crippen molar-refractivity contribution in [3.05, 3.63) is 47.9 Å². The van der Waals surface area contributed by atoms with Crippen molar-refractivity contribution >= 4 is 11.5 Å². The first-order chi connectivity index (χ1) is 10.3. The first-order valence-electron chi connectivity index (χ1n) is 7.18. The Morgan fingerprint density at radius 2 is 2.00 bits per heavy atom. The highest BCUT2D eigenvalue weighted by Crippen LogP contribution is 2.29. The van der Waals surface area contributed by atoms with E-state index in [-0.39, 0.29) is 0 Å². The number of aryl methyl sites for hydroxylation is 2. The van der Waals surface area contributed by atoms with E-state index in [9.17, 15) is 0 Å². The maximum Gasteiger partial charge on any atom is 0.265 e. The number of rotatable bonds is 2. The van der Waals surface area contributed by atoms with Crippen molar-refractivity contribution in [2.75, 3.05) is 5.73 Å². The summed E-state index contributed by atoms with van der Waals surface area (Å²) >= 11 is 0. The predicted molar refractivity (Wildman–Crippen MR) is 80.6 cm³/mol. The van der Waals surface area contributed by atoms with Gasteiger partial charge in [-0.25, -0.2) is 4.98 Å². The lowest BCUT2D eigenvalue weighted by Crippen LogP contribution is -2.03. The van der Waals surface area contributed by atoms with E-state index >= 15 is 0 Å². The SMILES string of the molecule is Nc1cn2ccnc2c(Oc2ccc3c(c2)CCCC3)n1. The molecule has 0 fully saturated rings. The minimum atomic E-state index is 0.411. The second-order valence-corrected chi connectivity index (χ2v) is 5.37. The molecule has 0 amide bonds. The average molecular weight is 280 g/mol. The van der Waals surface area contributed by atoms with E-state index in [1.165, 1.54) is 24.0 Å². The average Bonchev–Trinajstić information content (AvgIpc) is 2.95. The van der Waals surface area contributed by atoms with E-state index in [4.69, 9.17) is 10.5 Å². The van der Waals surface area contributed by atoms with E-state index in [0.717, 1.165) is 18.6 Å². The lowest BCUT2D eigenvalue weighted by molar-refractivity contribution is 0.464. The number of nitrogens with two attached hydrogens (primary N) is 1. The summed E-state index contributed by atoms with van der Waals surface area (Å²) in [6.07, 6.45) is 10.1. The molecule has 0 bridgehead atoms. The Bertz CT molecular complexity index is 809. The molecule has 0 saturated carbocycles. The molecule has 0 radical (unpaired) electrons. The van der Waals surface area contributed by atoms with Crippen molar-refractivity contribution < 1.29 is 4.74 Å². The first kappa shape index (κ1) is 12.2. The predicted octanol–water partition coefficient (Wildman–Crippen LogP) is 2.98. The molecule has 2 heterocycles. The molecule has 21 heavy (non-hydrogen) atoms. The fourth-order valence-corrected chi connectivity index (χ4v) is 2.87. The van der Waals surface area contributed by atoms with Crippen LogP contribution in [0.5, 0.6) is 11.6 Å². The molecule has 0 unspecified atom stereocenters. The fourth-order valence-electron chi connectivity index (χ4n) is 2.87. The van der Waals surface area contributed by atoms with Crippen molar-refractivity contribution in [3.63, 3.8) is 0 Å². The second-order valence-electron chi connectivity index (χ2n) is 5.37. The number of nitrogens with zero attached hydrogens (tertiary/aromatic N) is 3. The normalized spacial score (nSPS) is 14.1. The van der Waals surface area contributed by atoms with Gasteiger partial charge in [-0.3, -0.25) is 4.40 Å². The van der Waals surface area contributed by atoms with Gasteiger partial charge in [-0.15, -0.1) is 0 Å². The molecule has 5 nitrogen and oxygen atoms in total. The summed E-state index contributed by atoms with van der Waals surface area (Å²) < 4.78 is 7.74. The monoisotopic (exact) mass is 280 g/mol. The van der Waals surface area contributed by atoms with E-state index in [1.807, 2.05) is 16.7 Å². The first-order valence-corrected chi connectivity index (χ1v) is 7.18. The van der Waals surface area contributed by atoms with Crippen LogP contribution in [-0.4, -0.2) is 14.4 Å². The van der Waals surface area contributed by atoms with E-state index in [2.05, 4.69) is 22.1 Å². The minimum Gasteiger partial charge on any atom is -0.436 e. The van der Waals surface area contributed by atoms with Crippen LogP contribution in [0.15, 0.2) is 36.8 Å². The molecule has 1 aliphatic carbocycles. The van der Waals surface area contributed by atoms with Crippen LogP contribution in [0, 0.1) is 0 Å². The van der Waals surface area contributed by atoms with Gasteiger partial charge in [0.1, 0.15) is 11.6 Å². The Morgan fingerprint density at radius 1 is 1.14 bits per heavy atom. The largest absolute Gasteiger partial charge is 0.436 e. The number of aromatic nitrogens is 3. The lowest BCUT2D eigenvalue weighted by atomic mass is 9.92. The number of nitrogen functional groups attached to an aromatic ring is 1. The van der Waals surface area contributed by atoms with Crippen LogP contribution in [0.25, 0.3) is 5.65 Å². The quantitative estimate of drug-likeness (QED) is 0.783. The zero-order valence-electron chi connectivity index (χ0n) is 11.6. The lowest BCUT2D eigenvalue weighted by Gasteiger charge is -2.16. The number of fused-ring (bicyclic) bond motifs is 2. The van der Waals surface area contributed by atoms with Crippen molar-refractivity contribution in [3.8, 4) is 11.6 Å². The summed E-state index contributed by atoms with van der Waals surface area (Å²) in [6.45, 7) is 0. The molecule has 3 aromatic rings. The third kappa shape index (κ3) is 2.20. The fraction of sp³-hybridized carbons (Fsp3) is 0.250. The topological polar surface area (TPSA) is 65.4 Å². The Morgan fingerprint density at radius 3 is 2.90 bits per heavy atom. The minimum absolute atomic E-state index is 0.411. The molecule has 0 saturated heterocycles. The Balaban J connectivity index is 1.72. The van der Waals surface area contributed by atoms with Crippen LogP contribution in [0.4, 0.5) is 5.82 Å². The van der Waals surface area contributed by atoms with E-state index in [0.29, 0.717) is 17.3 Å². The summed E-state index contributed by atoms with van der Waals surface area (Å²) in [5.41, 5.74) is 9.28. The molecule has 1 aromatic carbocycles. The summed E-state index contributed by atoms with van der Waals surface area (Å²) in [4.78, 5) is 8.52. The van der Waals surface area contributed by atoms with Crippen LogP contribution in [-0.2, 0) is 12.8 Å². The highest BCUT2D eigenvalue weighted by molar-refractivity contribution is 5.54. The van der Waals surface area contributed by atoms with Crippen LogP contribution < -0.4 is 10.5 Å². The zero-order chi connectivity index (χ0) is 14.2. The van der Waals surface area contributed by atoms with Crippen molar-refractivity contribution in [1.82, 2.24) is 14.4 Å². The smallest absolute Gasteiger partial charge is 0.265 e. The van der Waals surface area contributed by atoms with E-state index < -0.39 is 0 Å². The van der Waals surface area contributed by atoms with Crippen LogP contribution >= 0.6 is 0 Å². The van der Waals surface area contributed by atoms with Gasteiger partial charge in [-0.1, -0.05) is 6.07 Å². The van der Waals surface area contributed by atoms with Gasteiger partial charge in [0.15, 0.2) is 0 Å². The Labute approximate surface area is 122 Å². The summed E-state index contributed by atoms with van der Waals surface area (Å²) in [6, 6.07) is 6.26. The summed E-state index contributed by atoms with van der Waals surface area (Å²) in [5, 5.41) is 0. The molecular formula is C16H16N4O. The number of anilines is 1. The third-order valence-electron chi connectivity index (χ3n) is 3.90. The third-order valence-corrected chi connectivity index (χ3v) is 3.90. The Kier molecular flexibility index (Phi) is 2.77. The Hall–Kier alpha value is -2.56. The van der Waals surface area contributed by atoms with Gasteiger partial charge in [0, 0.05) is 12.4 Å². The molecule has 1 aliphatic rings. The second kappa shape index (κ2) is 4.77.